The number of hydrogen-bond donors (Lipinski definition) is 2. The van der Waals surface area contributed by atoms with Crippen LogP contribution in [0.1, 0.15) is 48.8 Å². The van der Waals surface area contributed by atoms with Crippen LogP contribution in [0.4, 0.5) is 0 Å². The second-order valence-electron chi connectivity index (χ2n) is 6.62. The van der Waals surface area contributed by atoms with E-state index in [4.69, 9.17) is 0 Å². The van der Waals surface area contributed by atoms with Gasteiger partial charge in [0.25, 0.3) is 5.91 Å². The van der Waals surface area contributed by atoms with Gasteiger partial charge >= 0.3 is 0 Å². The summed E-state index contributed by atoms with van der Waals surface area (Å²) in [6.07, 6.45) is 3.92. The zero-order valence-corrected chi connectivity index (χ0v) is 13.5. The van der Waals surface area contributed by atoms with Crippen molar-refractivity contribution in [2.24, 2.45) is 5.92 Å². The molecule has 3 rings (SSSR count). The molecule has 2 aliphatic rings. The summed E-state index contributed by atoms with van der Waals surface area (Å²) in [7, 11) is 0. The van der Waals surface area contributed by atoms with Crippen molar-refractivity contribution in [3.63, 3.8) is 0 Å². The zero-order valence-electron chi connectivity index (χ0n) is 13.5. The molecule has 2 amide bonds. The van der Waals surface area contributed by atoms with Crippen LogP contribution in [0.25, 0.3) is 0 Å². The number of amides is 2. The molecule has 2 bridgehead atoms. The Balaban J connectivity index is 1.58. The number of nitrogens with zero attached hydrogens (tertiary/aromatic N) is 2. The molecule has 124 valence electrons. The summed E-state index contributed by atoms with van der Waals surface area (Å²) in [6.45, 7) is 3.87. The molecule has 2 saturated heterocycles. The smallest absolute Gasteiger partial charge is 0.275 e. The molecule has 1 unspecified atom stereocenters. The Morgan fingerprint density at radius 3 is 2.57 bits per heavy atom. The van der Waals surface area contributed by atoms with Gasteiger partial charge in [-0.25, -0.2) is 0 Å². The number of nitrogens with one attached hydrogen (secondary N) is 2. The predicted molar refractivity (Wildman–Crippen MR) is 84.0 cm³/mol. The van der Waals surface area contributed by atoms with Crippen LogP contribution in [0.5, 0.6) is 0 Å². The largest absolute Gasteiger partial charge is 0.350 e. The fraction of sp³-hybridized carbons (Fsp3) is 0.625. The molecule has 7 nitrogen and oxygen atoms in total. The standard InChI is InChI=1S/C16H22N4O3/c1-9-5-14(22)15(19-18-9)16(23)17-8-11-6-12-3-4-13(7-11)20(12)10(2)21/h5,11-13H,3-4,6-8H2,1-2H3,(H,17,23)(H,18,22)/t11?,12-,13+. The normalized spacial score (nSPS) is 26.2. The average Bonchev–Trinajstić information content (AvgIpc) is 2.76. The minimum absolute atomic E-state index is 0.0975. The van der Waals surface area contributed by atoms with Crippen LogP contribution in [0.3, 0.4) is 0 Å². The zero-order chi connectivity index (χ0) is 16.6. The second-order valence-corrected chi connectivity index (χ2v) is 6.62. The minimum atomic E-state index is -0.437. The second kappa shape index (κ2) is 6.14. The van der Waals surface area contributed by atoms with Crippen LogP contribution < -0.4 is 10.7 Å². The summed E-state index contributed by atoms with van der Waals surface area (Å²) in [5.41, 5.74) is 0.157. The first-order valence-corrected chi connectivity index (χ1v) is 8.09. The van der Waals surface area contributed by atoms with Crippen molar-refractivity contribution in [1.82, 2.24) is 20.4 Å². The van der Waals surface area contributed by atoms with Crippen molar-refractivity contribution in [1.29, 1.82) is 0 Å². The highest BCUT2D eigenvalue weighted by atomic mass is 16.2. The summed E-state index contributed by atoms with van der Waals surface area (Å²) < 4.78 is 0. The summed E-state index contributed by atoms with van der Waals surface area (Å²) >= 11 is 0. The number of piperidine rings is 1. The molecule has 2 fully saturated rings. The molecule has 3 atom stereocenters. The first kappa shape index (κ1) is 15.7. The Hall–Kier alpha value is -2.18. The van der Waals surface area contributed by atoms with E-state index in [1.54, 1.807) is 13.8 Å². The number of H-pyrrole nitrogens is 1. The van der Waals surface area contributed by atoms with Gasteiger partial charge in [0.05, 0.1) is 0 Å². The van der Waals surface area contributed by atoms with Gasteiger partial charge in [0.1, 0.15) is 0 Å². The molecule has 1 aromatic rings. The summed E-state index contributed by atoms with van der Waals surface area (Å²) in [4.78, 5) is 37.6. The summed E-state index contributed by atoms with van der Waals surface area (Å²) in [6, 6.07) is 1.97. The van der Waals surface area contributed by atoms with Crippen molar-refractivity contribution < 1.29 is 9.59 Å². The Morgan fingerprint density at radius 2 is 2.00 bits per heavy atom. The number of aromatic nitrogens is 2. The van der Waals surface area contributed by atoms with E-state index in [0.717, 1.165) is 25.7 Å². The van der Waals surface area contributed by atoms with Gasteiger partial charge in [-0.1, -0.05) is 0 Å². The number of aromatic amines is 1. The molecule has 2 aliphatic heterocycles. The van der Waals surface area contributed by atoms with Crippen LogP contribution in [0.15, 0.2) is 10.9 Å². The maximum Gasteiger partial charge on any atom is 0.275 e. The highest BCUT2D eigenvalue weighted by molar-refractivity contribution is 5.91. The maximum absolute atomic E-state index is 12.1. The molecule has 23 heavy (non-hydrogen) atoms. The molecule has 0 aromatic carbocycles. The van der Waals surface area contributed by atoms with Gasteiger partial charge in [-0.15, -0.1) is 0 Å². The fourth-order valence-electron chi connectivity index (χ4n) is 3.95. The molecule has 7 heteroatoms. The van der Waals surface area contributed by atoms with Crippen molar-refractivity contribution >= 4 is 11.8 Å². The van der Waals surface area contributed by atoms with Gasteiger partial charge in [-0.3, -0.25) is 19.5 Å². The van der Waals surface area contributed by atoms with E-state index in [-0.39, 0.29) is 17.0 Å². The lowest BCUT2D eigenvalue weighted by Gasteiger charge is -2.38. The Bertz CT molecular complexity index is 670. The van der Waals surface area contributed by atoms with E-state index in [1.165, 1.54) is 6.07 Å². The van der Waals surface area contributed by atoms with Crippen LogP contribution in [0.2, 0.25) is 0 Å². The van der Waals surface area contributed by atoms with Gasteiger partial charge in [-0.05, 0) is 38.5 Å². The third-order valence-corrected chi connectivity index (χ3v) is 4.89. The van der Waals surface area contributed by atoms with Crippen LogP contribution in [0, 0.1) is 12.8 Å². The molecule has 0 aliphatic carbocycles. The monoisotopic (exact) mass is 318 g/mol. The highest BCUT2D eigenvalue weighted by Gasteiger charge is 2.41. The van der Waals surface area contributed by atoms with E-state index in [1.807, 2.05) is 4.90 Å². The van der Waals surface area contributed by atoms with Gasteiger partial charge in [0.2, 0.25) is 11.3 Å². The van der Waals surface area contributed by atoms with E-state index in [2.05, 4.69) is 15.5 Å². The molecule has 0 radical (unpaired) electrons. The third kappa shape index (κ3) is 3.13. The van der Waals surface area contributed by atoms with E-state index >= 15 is 0 Å². The maximum atomic E-state index is 12.1. The average molecular weight is 318 g/mol. The topological polar surface area (TPSA) is 95.2 Å². The number of fused-ring (bicyclic) bond motifs is 2. The molecule has 3 heterocycles. The number of carbonyl (C=O) groups is 2. The Kier molecular flexibility index (Phi) is 4.19. The third-order valence-electron chi connectivity index (χ3n) is 4.89. The van der Waals surface area contributed by atoms with Gasteiger partial charge in [-0.2, -0.15) is 5.10 Å². The molecule has 0 spiro atoms. The molecule has 0 saturated carbocycles. The van der Waals surface area contributed by atoms with Crippen molar-refractivity contribution in [2.45, 2.75) is 51.6 Å². The lowest BCUT2D eigenvalue weighted by molar-refractivity contribution is -0.133. The first-order valence-electron chi connectivity index (χ1n) is 8.09. The lowest BCUT2D eigenvalue weighted by atomic mass is 9.90. The summed E-state index contributed by atoms with van der Waals surface area (Å²) in [5.74, 6) is 0.0551. The molecule has 2 N–H and O–H groups in total. The number of hydrogen-bond acceptors (Lipinski definition) is 4. The quantitative estimate of drug-likeness (QED) is 0.853. The van der Waals surface area contributed by atoms with Gasteiger partial charge in [0.15, 0.2) is 5.69 Å². The van der Waals surface area contributed by atoms with E-state index in [0.29, 0.717) is 30.2 Å². The lowest BCUT2D eigenvalue weighted by Crippen LogP contribution is -2.47. The Labute approximate surface area is 134 Å². The van der Waals surface area contributed by atoms with Crippen molar-refractivity contribution in [3.05, 3.63) is 27.7 Å². The Morgan fingerprint density at radius 1 is 1.35 bits per heavy atom. The molecule has 1 aromatic heterocycles. The van der Waals surface area contributed by atoms with Gasteiger partial charge in [0, 0.05) is 37.3 Å². The number of rotatable bonds is 3. The van der Waals surface area contributed by atoms with E-state index < -0.39 is 5.91 Å². The molecular weight excluding hydrogens is 296 g/mol. The number of aryl methyl sites for hydroxylation is 1. The highest BCUT2D eigenvalue weighted by Crippen LogP contribution is 2.38. The first-order chi connectivity index (χ1) is 11.0. The predicted octanol–water partition coefficient (Wildman–Crippen LogP) is 0.598. The summed E-state index contributed by atoms with van der Waals surface area (Å²) in [5, 5.41) is 9.28. The number of carbonyl (C=O) groups excluding carboxylic acids is 2. The SMILES string of the molecule is CC(=O)N1[C@@H]2CC[C@H]1CC(CNC(=O)c1n[nH]c(C)cc1=O)C2. The fourth-order valence-corrected chi connectivity index (χ4v) is 3.95. The van der Waals surface area contributed by atoms with Crippen molar-refractivity contribution in [3.8, 4) is 0 Å². The van der Waals surface area contributed by atoms with Crippen molar-refractivity contribution in [2.75, 3.05) is 6.54 Å². The van der Waals surface area contributed by atoms with E-state index in [9.17, 15) is 14.4 Å². The van der Waals surface area contributed by atoms with Crippen LogP contribution in [-0.4, -0.2) is 45.5 Å². The molecular formula is C16H22N4O3. The van der Waals surface area contributed by atoms with Gasteiger partial charge < -0.3 is 10.2 Å². The van der Waals surface area contributed by atoms with Crippen LogP contribution >= 0.6 is 0 Å². The minimum Gasteiger partial charge on any atom is -0.350 e. The van der Waals surface area contributed by atoms with Crippen LogP contribution in [-0.2, 0) is 4.79 Å².